The molecule has 0 saturated heterocycles. The molecule has 0 atom stereocenters. The topological polar surface area (TPSA) is 0 Å². The van der Waals surface area contributed by atoms with Gasteiger partial charge in [0.15, 0.2) is 0 Å². The van der Waals surface area contributed by atoms with Crippen LogP contribution in [0.15, 0.2) is 72.8 Å². The van der Waals surface area contributed by atoms with Crippen LogP contribution in [0.5, 0.6) is 0 Å². The fourth-order valence-corrected chi connectivity index (χ4v) is 3.30. The quantitative estimate of drug-likeness (QED) is 0.212. The van der Waals surface area contributed by atoms with Gasteiger partial charge in [0.1, 0.15) is 0 Å². The van der Waals surface area contributed by atoms with Gasteiger partial charge in [0, 0.05) is 25.8 Å². The van der Waals surface area contributed by atoms with Crippen molar-refractivity contribution in [3.63, 3.8) is 0 Å². The Bertz CT molecular complexity index is 752. The first-order chi connectivity index (χ1) is 11.8. The van der Waals surface area contributed by atoms with Crippen molar-refractivity contribution >= 4 is 21.5 Å². The fourth-order valence-electron chi connectivity index (χ4n) is 3.30. The average Bonchev–Trinajstić information content (AvgIpc) is 3.18. The van der Waals surface area contributed by atoms with Crippen LogP contribution in [-0.2, 0) is 38.7 Å². The molecule has 25 heavy (non-hydrogen) atoms. The van der Waals surface area contributed by atoms with Gasteiger partial charge < -0.3 is 0 Å². The predicted octanol–water partition coefficient (Wildman–Crippen LogP) is 7.02. The minimum atomic E-state index is 0. The van der Waals surface area contributed by atoms with Crippen molar-refractivity contribution in [2.45, 2.75) is 39.5 Å². The van der Waals surface area contributed by atoms with E-state index in [-0.39, 0.29) is 25.8 Å². The predicted molar refractivity (Wildman–Crippen MR) is 107 cm³/mol. The first kappa shape index (κ1) is 19.8. The molecule has 0 aromatic heterocycles. The van der Waals surface area contributed by atoms with Crippen LogP contribution in [0.25, 0.3) is 21.5 Å². The van der Waals surface area contributed by atoms with E-state index in [0.717, 1.165) is 0 Å². The largest absolute Gasteiger partial charge is 0.165 e. The maximum absolute atomic E-state index is 2.29. The van der Waals surface area contributed by atoms with Crippen LogP contribution in [0.1, 0.15) is 37.8 Å². The van der Waals surface area contributed by atoms with Crippen LogP contribution >= 0.6 is 0 Å². The molecule has 1 heteroatoms. The smallest absolute Gasteiger partial charge is 0 e. The molecular weight excluding hydrogens is 467 g/mol. The molecule has 0 N–H and O–H groups in total. The Morgan fingerprint density at radius 3 is 1.40 bits per heavy atom. The fraction of sp³-hybridized carbons (Fsp3) is 0.250. The monoisotopic (exact) mass is 494 g/mol. The van der Waals surface area contributed by atoms with E-state index >= 15 is 0 Å². The van der Waals surface area contributed by atoms with Gasteiger partial charge in [-0.25, -0.2) is 0 Å². The van der Waals surface area contributed by atoms with Gasteiger partial charge in [0.25, 0.3) is 0 Å². The van der Waals surface area contributed by atoms with E-state index in [4.69, 9.17) is 0 Å². The Balaban J connectivity index is 0.000000173. The summed E-state index contributed by atoms with van der Waals surface area (Å²) in [6, 6.07) is 26.2. The molecule has 4 aromatic rings. The van der Waals surface area contributed by atoms with Crippen LogP contribution in [0.3, 0.4) is 0 Å². The van der Waals surface area contributed by atoms with E-state index in [9.17, 15) is 0 Å². The van der Waals surface area contributed by atoms with E-state index < -0.39 is 0 Å². The third kappa shape index (κ3) is 5.25. The van der Waals surface area contributed by atoms with E-state index in [1.54, 1.807) is 0 Å². The van der Waals surface area contributed by atoms with Crippen molar-refractivity contribution in [2.24, 2.45) is 0 Å². The summed E-state index contributed by atoms with van der Waals surface area (Å²) in [5.41, 5.74) is 2.94. The van der Waals surface area contributed by atoms with Gasteiger partial charge in [-0.1, -0.05) is 38.8 Å². The van der Waals surface area contributed by atoms with E-state index in [1.807, 2.05) is 0 Å². The van der Waals surface area contributed by atoms with Crippen LogP contribution in [0.2, 0.25) is 0 Å². The summed E-state index contributed by atoms with van der Waals surface area (Å²) in [6.45, 7) is 4.44. The second-order valence-electron chi connectivity index (χ2n) is 6.49. The summed E-state index contributed by atoms with van der Waals surface area (Å²) in [6.07, 6.45) is 4.87. The van der Waals surface area contributed by atoms with Crippen LogP contribution in [-0.4, -0.2) is 0 Å². The Hall–Kier alpha value is -1.47. The van der Waals surface area contributed by atoms with Crippen LogP contribution < -0.4 is 0 Å². The summed E-state index contributed by atoms with van der Waals surface area (Å²) in [5, 5.41) is 5.50. The second-order valence-corrected chi connectivity index (χ2v) is 6.49. The van der Waals surface area contributed by atoms with Gasteiger partial charge in [-0.2, -0.15) is 12.1 Å². The number of aryl methyl sites for hydroxylation is 2. The van der Waals surface area contributed by atoms with Gasteiger partial charge in [0.2, 0.25) is 0 Å². The molecule has 0 amide bonds. The number of hydrogen-bond acceptors (Lipinski definition) is 0. The van der Waals surface area contributed by atoms with Crippen LogP contribution in [0, 0.1) is 0 Å². The second kappa shape index (κ2) is 9.87. The van der Waals surface area contributed by atoms with Gasteiger partial charge >= 0.3 is 0 Å². The third-order valence-corrected chi connectivity index (χ3v) is 4.43. The van der Waals surface area contributed by atoms with Crippen molar-refractivity contribution in [1.29, 1.82) is 0 Å². The zero-order valence-corrected chi connectivity index (χ0v) is 18.8. The Morgan fingerprint density at radius 1 is 0.640 bits per heavy atom. The Morgan fingerprint density at radius 2 is 1.04 bits per heavy atom. The van der Waals surface area contributed by atoms with Crippen molar-refractivity contribution in [3.8, 4) is 0 Å². The molecule has 0 unspecified atom stereocenters. The standard InChI is InChI=1S/2C12H13.Hf/c2*1-2-5-10-8-11-6-3-4-7-12(11)9-10;/h2*3-4,6-9H,2,5H2,1H3;/q2*-1;. The molecule has 4 rings (SSSR count). The summed E-state index contributed by atoms with van der Waals surface area (Å²) in [5.74, 6) is 0. The normalized spacial score (nSPS) is 10.3. The first-order valence-corrected chi connectivity index (χ1v) is 9.09. The number of benzene rings is 2. The van der Waals surface area contributed by atoms with E-state index in [0.29, 0.717) is 0 Å². The van der Waals surface area contributed by atoms with Gasteiger partial charge in [-0.3, -0.25) is 0 Å². The summed E-state index contributed by atoms with van der Waals surface area (Å²) in [4.78, 5) is 0. The van der Waals surface area contributed by atoms with Gasteiger partial charge in [-0.15, -0.1) is 81.2 Å². The van der Waals surface area contributed by atoms with Crippen LogP contribution in [0.4, 0.5) is 0 Å². The number of hydrogen-bond donors (Lipinski definition) is 0. The molecule has 0 radical (unpaired) electrons. The molecule has 0 spiro atoms. The molecule has 4 aromatic carbocycles. The molecule has 0 nitrogen and oxygen atoms in total. The third-order valence-electron chi connectivity index (χ3n) is 4.43. The molecule has 0 heterocycles. The number of rotatable bonds is 4. The minimum Gasteiger partial charge on any atom is -0.165 e. The average molecular weight is 493 g/mol. The summed E-state index contributed by atoms with van der Waals surface area (Å²) < 4.78 is 0. The molecule has 0 saturated carbocycles. The summed E-state index contributed by atoms with van der Waals surface area (Å²) >= 11 is 0. The molecule has 0 aliphatic carbocycles. The Labute approximate surface area is 170 Å². The minimum absolute atomic E-state index is 0. The van der Waals surface area contributed by atoms with Crippen molar-refractivity contribution in [2.75, 3.05) is 0 Å². The maximum Gasteiger partial charge on any atom is 0 e. The zero-order chi connectivity index (χ0) is 16.8. The molecule has 128 valence electrons. The Kier molecular flexibility index (Phi) is 7.84. The van der Waals surface area contributed by atoms with E-state index in [2.05, 4.69) is 86.6 Å². The molecular formula is C24H26Hf-2. The zero-order valence-electron chi connectivity index (χ0n) is 15.3. The van der Waals surface area contributed by atoms with Gasteiger partial charge in [-0.05, 0) is 12.8 Å². The van der Waals surface area contributed by atoms with Crippen molar-refractivity contribution in [1.82, 2.24) is 0 Å². The van der Waals surface area contributed by atoms with Gasteiger partial charge in [0.05, 0.1) is 0 Å². The number of fused-ring (bicyclic) bond motifs is 2. The SMILES string of the molecule is CCCc1cc2ccccc2[cH-]1.CCCc1cc2ccccc2[cH-]1.[Hf]. The molecule has 0 aliphatic heterocycles. The summed E-state index contributed by atoms with van der Waals surface area (Å²) in [7, 11) is 0. The van der Waals surface area contributed by atoms with Crippen molar-refractivity contribution in [3.05, 3.63) is 83.9 Å². The molecule has 0 bridgehead atoms. The molecule has 0 aliphatic rings. The first-order valence-electron chi connectivity index (χ1n) is 9.09. The van der Waals surface area contributed by atoms with Crippen molar-refractivity contribution < 1.29 is 25.8 Å². The van der Waals surface area contributed by atoms with E-state index in [1.165, 1.54) is 58.4 Å². The maximum atomic E-state index is 2.29. The molecule has 0 fully saturated rings.